The Balaban J connectivity index is 1.86. The molecular weight excluding hydrogens is 290 g/mol. The van der Waals surface area contributed by atoms with E-state index in [1.807, 2.05) is 0 Å². The van der Waals surface area contributed by atoms with Gasteiger partial charge in [0.2, 0.25) is 11.9 Å². The summed E-state index contributed by atoms with van der Waals surface area (Å²) in [4.78, 5) is 22.8. The average Bonchev–Trinajstić information content (AvgIpc) is 2.88. The molecular formula is C14H20ClN5O. The van der Waals surface area contributed by atoms with Crippen LogP contribution in [0.1, 0.15) is 26.2 Å². The monoisotopic (exact) mass is 309 g/mol. The van der Waals surface area contributed by atoms with Crippen molar-refractivity contribution in [1.82, 2.24) is 15.3 Å². The first kappa shape index (κ1) is 14.4. The van der Waals surface area contributed by atoms with Gasteiger partial charge in [0.15, 0.2) is 5.82 Å². The van der Waals surface area contributed by atoms with Gasteiger partial charge in [0, 0.05) is 19.6 Å². The molecule has 0 aliphatic carbocycles. The van der Waals surface area contributed by atoms with Gasteiger partial charge in [-0.25, -0.2) is 4.98 Å². The van der Waals surface area contributed by atoms with Crippen LogP contribution in [0.3, 0.4) is 0 Å². The standard InChI is InChI=1S/C14H20ClN5O/c1-2-5-16-14-18-7-10(15)12(19-14)20-6-3-4-9-11(20)8-17-13(9)21/h7,9,11H,2-6,8H2,1H3,(H,17,21)(H,16,18,19). The lowest BCUT2D eigenvalue weighted by molar-refractivity contribution is -0.122. The van der Waals surface area contributed by atoms with E-state index in [0.717, 1.165) is 38.2 Å². The van der Waals surface area contributed by atoms with Crippen molar-refractivity contribution in [3.8, 4) is 0 Å². The summed E-state index contributed by atoms with van der Waals surface area (Å²) in [6.45, 7) is 4.46. The molecule has 1 aromatic heterocycles. The molecule has 2 unspecified atom stereocenters. The third kappa shape index (κ3) is 2.77. The fourth-order valence-electron chi connectivity index (χ4n) is 3.10. The number of fused-ring (bicyclic) bond motifs is 1. The molecule has 3 rings (SSSR count). The van der Waals surface area contributed by atoms with Gasteiger partial charge >= 0.3 is 0 Å². The highest BCUT2D eigenvalue weighted by molar-refractivity contribution is 6.32. The average molecular weight is 310 g/mol. The Labute approximate surface area is 129 Å². The Bertz CT molecular complexity index is 538. The van der Waals surface area contributed by atoms with Crippen LogP contribution >= 0.6 is 11.6 Å². The van der Waals surface area contributed by atoms with E-state index in [1.54, 1.807) is 6.20 Å². The van der Waals surface area contributed by atoms with E-state index < -0.39 is 0 Å². The second kappa shape index (κ2) is 6.05. The highest BCUT2D eigenvalue weighted by Crippen LogP contribution is 2.34. The number of carbonyl (C=O) groups excluding carboxylic acids is 1. The summed E-state index contributed by atoms with van der Waals surface area (Å²) in [5, 5.41) is 6.67. The van der Waals surface area contributed by atoms with E-state index in [2.05, 4.69) is 32.4 Å². The van der Waals surface area contributed by atoms with Crippen LogP contribution in [0.5, 0.6) is 0 Å². The lowest BCUT2D eigenvalue weighted by Gasteiger charge is -2.37. The summed E-state index contributed by atoms with van der Waals surface area (Å²) >= 11 is 6.29. The van der Waals surface area contributed by atoms with Crippen molar-refractivity contribution in [3.63, 3.8) is 0 Å². The number of nitrogens with zero attached hydrogens (tertiary/aromatic N) is 3. The van der Waals surface area contributed by atoms with Gasteiger partial charge in [-0.15, -0.1) is 0 Å². The zero-order valence-electron chi connectivity index (χ0n) is 12.1. The van der Waals surface area contributed by atoms with Gasteiger partial charge in [0.1, 0.15) is 5.02 Å². The summed E-state index contributed by atoms with van der Waals surface area (Å²) < 4.78 is 0. The summed E-state index contributed by atoms with van der Waals surface area (Å²) in [7, 11) is 0. The minimum atomic E-state index is 0.0526. The van der Waals surface area contributed by atoms with Crippen LogP contribution in [0, 0.1) is 5.92 Å². The first-order valence-corrected chi connectivity index (χ1v) is 7.89. The quantitative estimate of drug-likeness (QED) is 0.885. The number of anilines is 2. The lowest BCUT2D eigenvalue weighted by Crippen LogP contribution is -2.46. The molecule has 1 aromatic rings. The second-order valence-electron chi connectivity index (χ2n) is 5.55. The van der Waals surface area contributed by atoms with Gasteiger partial charge in [-0.05, 0) is 19.3 Å². The largest absolute Gasteiger partial charge is 0.354 e. The zero-order valence-corrected chi connectivity index (χ0v) is 12.9. The molecule has 2 aliphatic heterocycles. The predicted octanol–water partition coefficient (Wildman–Crippen LogP) is 1.67. The molecule has 114 valence electrons. The molecule has 2 N–H and O–H groups in total. The van der Waals surface area contributed by atoms with Crippen molar-refractivity contribution >= 4 is 29.3 Å². The number of piperidine rings is 1. The Morgan fingerprint density at radius 1 is 1.57 bits per heavy atom. The van der Waals surface area contributed by atoms with Gasteiger partial charge in [0.05, 0.1) is 18.2 Å². The molecule has 2 fully saturated rings. The minimum Gasteiger partial charge on any atom is -0.354 e. The van der Waals surface area contributed by atoms with Crippen molar-refractivity contribution in [2.75, 3.05) is 29.9 Å². The number of rotatable bonds is 4. The molecule has 2 saturated heterocycles. The molecule has 2 atom stereocenters. The second-order valence-corrected chi connectivity index (χ2v) is 5.95. The number of carbonyl (C=O) groups is 1. The summed E-state index contributed by atoms with van der Waals surface area (Å²) in [5.74, 6) is 1.53. The van der Waals surface area contributed by atoms with Gasteiger partial charge in [-0.2, -0.15) is 4.98 Å². The molecule has 21 heavy (non-hydrogen) atoms. The Morgan fingerprint density at radius 2 is 2.43 bits per heavy atom. The molecule has 0 aromatic carbocycles. The predicted molar refractivity (Wildman–Crippen MR) is 82.7 cm³/mol. The van der Waals surface area contributed by atoms with Crippen LogP contribution in [0.4, 0.5) is 11.8 Å². The van der Waals surface area contributed by atoms with Gasteiger partial charge in [-0.3, -0.25) is 4.79 Å². The minimum absolute atomic E-state index is 0.0526. The molecule has 0 saturated carbocycles. The van der Waals surface area contributed by atoms with Crippen LogP contribution < -0.4 is 15.5 Å². The number of hydrogen-bond acceptors (Lipinski definition) is 5. The van der Waals surface area contributed by atoms with Crippen molar-refractivity contribution in [1.29, 1.82) is 0 Å². The summed E-state index contributed by atoms with van der Waals surface area (Å²) in [6.07, 6.45) is 4.56. The van der Waals surface area contributed by atoms with E-state index in [4.69, 9.17) is 11.6 Å². The molecule has 0 radical (unpaired) electrons. The highest BCUT2D eigenvalue weighted by Gasteiger charge is 2.41. The third-order valence-electron chi connectivity index (χ3n) is 4.13. The van der Waals surface area contributed by atoms with Crippen LogP contribution in [0.25, 0.3) is 0 Å². The zero-order chi connectivity index (χ0) is 14.8. The number of nitrogens with one attached hydrogen (secondary N) is 2. The fraction of sp³-hybridized carbons (Fsp3) is 0.643. The molecule has 2 aliphatic rings. The number of hydrogen-bond donors (Lipinski definition) is 2. The number of aromatic nitrogens is 2. The molecule has 6 nitrogen and oxygen atoms in total. The van der Waals surface area contributed by atoms with Gasteiger partial charge in [-0.1, -0.05) is 18.5 Å². The van der Waals surface area contributed by atoms with Crippen LogP contribution in [-0.2, 0) is 4.79 Å². The van der Waals surface area contributed by atoms with Crippen molar-refractivity contribution < 1.29 is 4.79 Å². The van der Waals surface area contributed by atoms with Crippen LogP contribution in [0.15, 0.2) is 6.20 Å². The molecule has 0 spiro atoms. The van der Waals surface area contributed by atoms with E-state index in [1.165, 1.54) is 0 Å². The fourth-order valence-corrected chi connectivity index (χ4v) is 3.30. The normalized spacial score (nSPS) is 24.7. The maximum absolute atomic E-state index is 11.9. The molecule has 1 amide bonds. The van der Waals surface area contributed by atoms with Crippen LogP contribution in [0.2, 0.25) is 5.02 Å². The lowest BCUT2D eigenvalue weighted by atomic mass is 9.91. The first-order valence-electron chi connectivity index (χ1n) is 7.51. The highest BCUT2D eigenvalue weighted by atomic mass is 35.5. The number of halogens is 1. The Morgan fingerprint density at radius 3 is 3.24 bits per heavy atom. The summed E-state index contributed by atoms with van der Waals surface area (Å²) in [5.41, 5.74) is 0. The SMILES string of the molecule is CCCNc1ncc(Cl)c(N2CCCC3C(=O)NCC32)n1. The molecule has 7 heteroatoms. The molecule has 3 heterocycles. The van der Waals surface area contributed by atoms with E-state index in [0.29, 0.717) is 17.5 Å². The Hall–Kier alpha value is -1.56. The van der Waals surface area contributed by atoms with Crippen molar-refractivity contribution in [2.24, 2.45) is 5.92 Å². The van der Waals surface area contributed by atoms with Crippen LogP contribution in [-0.4, -0.2) is 41.6 Å². The van der Waals surface area contributed by atoms with Gasteiger partial charge in [0.25, 0.3) is 0 Å². The maximum atomic E-state index is 11.9. The van der Waals surface area contributed by atoms with E-state index in [-0.39, 0.29) is 17.9 Å². The molecule has 0 bridgehead atoms. The topological polar surface area (TPSA) is 70.2 Å². The number of amides is 1. The third-order valence-corrected chi connectivity index (χ3v) is 4.40. The summed E-state index contributed by atoms with van der Waals surface area (Å²) in [6, 6.07) is 0.151. The van der Waals surface area contributed by atoms with E-state index in [9.17, 15) is 4.79 Å². The van der Waals surface area contributed by atoms with E-state index >= 15 is 0 Å². The Kier molecular flexibility index (Phi) is 4.14. The van der Waals surface area contributed by atoms with Crippen molar-refractivity contribution in [3.05, 3.63) is 11.2 Å². The maximum Gasteiger partial charge on any atom is 0.225 e. The first-order chi connectivity index (χ1) is 10.2. The van der Waals surface area contributed by atoms with Crippen molar-refractivity contribution in [2.45, 2.75) is 32.2 Å². The smallest absolute Gasteiger partial charge is 0.225 e. The van der Waals surface area contributed by atoms with Gasteiger partial charge < -0.3 is 15.5 Å².